The molecule has 0 bridgehead atoms. The molecular formula is C17H18ClN5O. The molecule has 0 amide bonds. The Kier molecular flexibility index (Phi) is 5.40. The highest BCUT2D eigenvalue weighted by molar-refractivity contribution is 6.30. The minimum absolute atomic E-state index is 0.540. The van der Waals surface area contributed by atoms with Crippen LogP contribution in [-0.4, -0.2) is 45.3 Å². The lowest BCUT2D eigenvalue weighted by Gasteiger charge is -2.15. The topological polar surface area (TPSA) is 56.1 Å². The molecule has 124 valence electrons. The van der Waals surface area contributed by atoms with Crippen molar-refractivity contribution in [1.29, 1.82) is 0 Å². The summed E-state index contributed by atoms with van der Waals surface area (Å²) in [7, 11) is 1.99. The van der Waals surface area contributed by atoms with E-state index in [1.807, 2.05) is 61.6 Å². The second-order valence-corrected chi connectivity index (χ2v) is 5.81. The van der Waals surface area contributed by atoms with Gasteiger partial charge in [-0.1, -0.05) is 29.8 Å². The molecule has 1 aromatic heterocycles. The smallest absolute Gasteiger partial charge is 0.204 e. The Bertz CT molecular complexity index is 760. The Labute approximate surface area is 145 Å². The van der Waals surface area contributed by atoms with Crippen LogP contribution in [0.15, 0.2) is 54.6 Å². The molecule has 0 aliphatic carbocycles. The number of nitrogens with zero attached hydrogens (tertiary/aromatic N) is 5. The molecule has 0 saturated carbocycles. The second-order valence-electron chi connectivity index (χ2n) is 5.37. The summed E-state index contributed by atoms with van der Waals surface area (Å²) in [5.41, 5.74) is 0.890. The molecule has 3 rings (SSSR count). The number of rotatable bonds is 7. The first-order valence-corrected chi connectivity index (χ1v) is 7.98. The van der Waals surface area contributed by atoms with Gasteiger partial charge in [0, 0.05) is 17.1 Å². The molecule has 0 aliphatic rings. The molecule has 24 heavy (non-hydrogen) atoms. The van der Waals surface area contributed by atoms with Crippen LogP contribution in [0.4, 0.5) is 0 Å². The average molecular weight is 344 g/mol. The van der Waals surface area contributed by atoms with Gasteiger partial charge in [0.2, 0.25) is 5.82 Å². The van der Waals surface area contributed by atoms with Crippen molar-refractivity contribution >= 4 is 11.6 Å². The number of hydrogen-bond acceptors (Lipinski definition) is 5. The average Bonchev–Trinajstić information content (AvgIpc) is 3.05. The molecule has 2 aromatic carbocycles. The lowest BCUT2D eigenvalue weighted by molar-refractivity contribution is 0.188. The maximum absolute atomic E-state index is 5.89. The first-order chi connectivity index (χ1) is 11.7. The maximum Gasteiger partial charge on any atom is 0.204 e. The molecule has 0 N–H and O–H groups in total. The molecule has 6 nitrogen and oxygen atoms in total. The van der Waals surface area contributed by atoms with Gasteiger partial charge in [0.15, 0.2) is 0 Å². The van der Waals surface area contributed by atoms with Crippen molar-refractivity contribution in [3.8, 4) is 17.1 Å². The quantitative estimate of drug-likeness (QED) is 0.660. The Hall–Kier alpha value is -2.44. The van der Waals surface area contributed by atoms with Gasteiger partial charge in [0.25, 0.3) is 0 Å². The van der Waals surface area contributed by atoms with Crippen molar-refractivity contribution in [3.63, 3.8) is 0 Å². The van der Waals surface area contributed by atoms with Gasteiger partial charge in [-0.2, -0.15) is 0 Å². The van der Waals surface area contributed by atoms with Crippen molar-refractivity contribution in [3.05, 3.63) is 59.6 Å². The maximum atomic E-state index is 5.89. The number of ether oxygens (including phenoxy) is 1. The molecule has 0 radical (unpaired) electrons. The summed E-state index contributed by atoms with van der Waals surface area (Å²) in [4.78, 5) is 3.63. The highest BCUT2D eigenvalue weighted by Crippen LogP contribution is 2.16. The second kappa shape index (κ2) is 7.90. The summed E-state index contributed by atoms with van der Waals surface area (Å²) in [6.45, 7) is 1.89. The predicted molar refractivity (Wildman–Crippen MR) is 92.8 cm³/mol. The Morgan fingerprint density at radius 3 is 2.58 bits per heavy atom. The van der Waals surface area contributed by atoms with Crippen LogP contribution in [-0.2, 0) is 6.67 Å². The monoisotopic (exact) mass is 343 g/mol. The van der Waals surface area contributed by atoms with Crippen LogP contribution < -0.4 is 4.74 Å². The molecule has 3 aromatic rings. The van der Waals surface area contributed by atoms with Crippen LogP contribution in [0.3, 0.4) is 0 Å². The van der Waals surface area contributed by atoms with E-state index in [0.29, 0.717) is 24.1 Å². The fourth-order valence-electron chi connectivity index (χ4n) is 2.14. The molecular weight excluding hydrogens is 326 g/mol. The van der Waals surface area contributed by atoms with E-state index in [-0.39, 0.29) is 0 Å². The number of benzene rings is 2. The molecule has 7 heteroatoms. The molecule has 0 fully saturated rings. The van der Waals surface area contributed by atoms with Crippen molar-refractivity contribution in [2.75, 3.05) is 20.2 Å². The van der Waals surface area contributed by atoms with E-state index < -0.39 is 0 Å². The summed E-state index contributed by atoms with van der Waals surface area (Å²) < 4.78 is 5.68. The van der Waals surface area contributed by atoms with Gasteiger partial charge < -0.3 is 4.74 Å². The van der Waals surface area contributed by atoms with Crippen molar-refractivity contribution in [2.24, 2.45) is 0 Å². The first kappa shape index (κ1) is 16.4. The zero-order chi connectivity index (χ0) is 16.8. The molecule has 0 spiro atoms. The third-order valence-electron chi connectivity index (χ3n) is 3.41. The normalized spacial score (nSPS) is 11.0. The van der Waals surface area contributed by atoms with Crippen LogP contribution in [0.2, 0.25) is 5.02 Å². The standard InChI is InChI=1S/C17H18ClN5O/c1-22(11-12-24-16-5-3-2-4-6-16)13-23-20-17(19-21-23)14-7-9-15(18)10-8-14/h2-10H,11-13H2,1H3. The summed E-state index contributed by atoms with van der Waals surface area (Å²) >= 11 is 5.89. The van der Waals surface area contributed by atoms with Gasteiger partial charge >= 0.3 is 0 Å². The van der Waals surface area contributed by atoms with E-state index in [4.69, 9.17) is 16.3 Å². The number of para-hydroxylation sites is 1. The highest BCUT2D eigenvalue weighted by Gasteiger charge is 2.07. The van der Waals surface area contributed by atoms with E-state index in [0.717, 1.165) is 17.9 Å². The van der Waals surface area contributed by atoms with Crippen LogP contribution in [0.1, 0.15) is 0 Å². The fourth-order valence-corrected chi connectivity index (χ4v) is 2.27. The van der Waals surface area contributed by atoms with Crippen molar-refractivity contribution in [2.45, 2.75) is 6.67 Å². The lowest BCUT2D eigenvalue weighted by Crippen LogP contribution is -2.28. The molecule has 0 unspecified atom stereocenters. The van der Waals surface area contributed by atoms with Crippen LogP contribution in [0, 0.1) is 0 Å². The summed E-state index contributed by atoms with van der Waals surface area (Å²) in [5, 5.41) is 13.2. The highest BCUT2D eigenvalue weighted by atomic mass is 35.5. The minimum atomic E-state index is 0.540. The molecule has 0 saturated heterocycles. The van der Waals surface area contributed by atoms with Gasteiger partial charge in [-0.05, 0) is 48.7 Å². The largest absolute Gasteiger partial charge is 0.492 e. The molecule has 0 aliphatic heterocycles. The summed E-state index contributed by atoms with van der Waals surface area (Å²) in [6.07, 6.45) is 0. The van der Waals surface area contributed by atoms with Gasteiger partial charge in [-0.15, -0.1) is 15.0 Å². The number of hydrogen-bond donors (Lipinski definition) is 0. The lowest BCUT2D eigenvalue weighted by atomic mass is 10.2. The van der Waals surface area contributed by atoms with Gasteiger partial charge in [-0.3, -0.25) is 4.90 Å². The molecule has 1 heterocycles. The first-order valence-electron chi connectivity index (χ1n) is 7.61. The minimum Gasteiger partial charge on any atom is -0.492 e. The SMILES string of the molecule is CN(CCOc1ccccc1)Cn1nnc(-c2ccc(Cl)cc2)n1. The zero-order valence-electron chi connectivity index (χ0n) is 13.3. The Morgan fingerprint density at radius 2 is 1.83 bits per heavy atom. The summed E-state index contributed by atoms with van der Waals surface area (Å²) in [6, 6.07) is 17.1. The number of aromatic nitrogens is 4. The van der Waals surface area contributed by atoms with E-state index >= 15 is 0 Å². The third-order valence-corrected chi connectivity index (χ3v) is 3.66. The van der Waals surface area contributed by atoms with Crippen LogP contribution >= 0.6 is 11.6 Å². The number of tetrazole rings is 1. The van der Waals surface area contributed by atoms with Gasteiger partial charge in [0.05, 0.1) is 0 Å². The van der Waals surface area contributed by atoms with E-state index in [1.54, 1.807) is 4.80 Å². The molecule has 0 atom stereocenters. The van der Waals surface area contributed by atoms with Crippen molar-refractivity contribution in [1.82, 2.24) is 25.1 Å². The number of likely N-dealkylation sites (N-methyl/N-ethyl adjacent to an activating group) is 1. The van der Waals surface area contributed by atoms with Crippen LogP contribution in [0.5, 0.6) is 5.75 Å². The fraction of sp³-hybridized carbons (Fsp3) is 0.235. The van der Waals surface area contributed by atoms with Gasteiger partial charge in [0.1, 0.15) is 19.0 Å². The Balaban J connectivity index is 1.50. The van der Waals surface area contributed by atoms with Crippen LogP contribution in [0.25, 0.3) is 11.4 Å². The van der Waals surface area contributed by atoms with E-state index in [2.05, 4.69) is 20.3 Å². The summed E-state index contributed by atoms with van der Waals surface area (Å²) in [5.74, 6) is 1.45. The number of halogens is 1. The van der Waals surface area contributed by atoms with E-state index in [9.17, 15) is 0 Å². The predicted octanol–water partition coefficient (Wildman–Crippen LogP) is 2.96. The van der Waals surface area contributed by atoms with Gasteiger partial charge in [-0.25, -0.2) is 0 Å². The Morgan fingerprint density at radius 1 is 1.08 bits per heavy atom. The van der Waals surface area contributed by atoms with Crippen molar-refractivity contribution < 1.29 is 4.74 Å². The zero-order valence-corrected chi connectivity index (χ0v) is 14.1. The van der Waals surface area contributed by atoms with E-state index in [1.165, 1.54) is 0 Å². The third kappa shape index (κ3) is 4.53.